The van der Waals surface area contributed by atoms with Crippen LogP contribution in [-0.2, 0) is 12.8 Å². The molecule has 19 heavy (non-hydrogen) atoms. The van der Waals surface area contributed by atoms with Crippen molar-refractivity contribution in [2.45, 2.75) is 52.5 Å². The smallest absolute Gasteiger partial charge is 0.321 e. The highest BCUT2D eigenvalue weighted by Gasteiger charge is 2.12. The number of aromatic nitrogens is 1. The van der Waals surface area contributed by atoms with Crippen LogP contribution in [0.2, 0.25) is 0 Å². The molecular formula is C13H23N3O2S. The van der Waals surface area contributed by atoms with Crippen molar-refractivity contribution >= 4 is 22.5 Å². The van der Waals surface area contributed by atoms with Crippen LogP contribution in [0.15, 0.2) is 0 Å². The van der Waals surface area contributed by atoms with Gasteiger partial charge in [-0.25, -0.2) is 9.78 Å². The van der Waals surface area contributed by atoms with Crippen LogP contribution in [0.1, 0.15) is 44.2 Å². The summed E-state index contributed by atoms with van der Waals surface area (Å²) in [5.74, 6) is 0. The normalized spacial score (nSPS) is 12.2. The Hall–Kier alpha value is -1.14. The molecule has 1 atom stereocenters. The Kier molecular flexibility index (Phi) is 6.80. The highest BCUT2D eigenvalue weighted by Crippen LogP contribution is 2.24. The number of amides is 2. The van der Waals surface area contributed by atoms with Crippen LogP contribution in [0.4, 0.5) is 9.93 Å². The van der Waals surface area contributed by atoms with E-state index in [2.05, 4.69) is 29.5 Å². The first-order valence-electron chi connectivity index (χ1n) is 6.77. The minimum atomic E-state index is -0.264. The quantitative estimate of drug-likeness (QED) is 0.720. The third kappa shape index (κ3) is 5.16. The molecule has 0 unspecified atom stereocenters. The molecule has 0 aliphatic rings. The van der Waals surface area contributed by atoms with E-state index in [4.69, 9.17) is 5.11 Å². The zero-order valence-electron chi connectivity index (χ0n) is 11.8. The molecular weight excluding hydrogens is 262 g/mol. The number of thiazole rings is 1. The van der Waals surface area contributed by atoms with Crippen molar-refractivity contribution < 1.29 is 9.90 Å². The summed E-state index contributed by atoms with van der Waals surface area (Å²) in [5, 5.41) is 15.0. The van der Waals surface area contributed by atoms with Gasteiger partial charge in [-0.05, 0) is 26.2 Å². The molecule has 0 aliphatic heterocycles. The summed E-state index contributed by atoms with van der Waals surface area (Å²) in [7, 11) is 0. The maximum absolute atomic E-state index is 11.7. The molecule has 0 spiro atoms. The van der Waals surface area contributed by atoms with E-state index in [0.717, 1.165) is 25.0 Å². The van der Waals surface area contributed by atoms with E-state index in [1.807, 2.05) is 6.92 Å². The number of aryl methyl sites for hydroxylation is 2. The molecule has 1 rings (SSSR count). The van der Waals surface area contributed by atoms with Crippen LogP contribution >= 0.6 is 11.3 Å². The second-order valence-corrected chi connectivity index (χ2v) is 5.59. The number of rotatable bonds is 7. The number of carbonyl (C=O) groups is 1. The molecule has 0 radical (unpaired) electrons. The summed E-state index contributed by atoms with van der Waals surface area (Å²) < 4.78 is 0. The second-order valence-electron chi connectivity index (χ2n) is 4.50. The molecule has 0 aliphatic carbocycles. The van der Waals surface area contributed by atoms with Gasteiger partial charge in [0.2, 0.25) is 0 Å². The number of carbonyl (C=O) groups excluding carboxylic acids is 1. The van der Waals surface area contributed by atoms with E-state index < -0.39 is 0 Å². The SMILES string of the molecule is CCCc1nc(NC(=O)N[C@H](C)CCO)sc1CC. The first-order chi connectivity index (χ1) is 9.10. The van der Waals surface area contributed by atoms with E-state index in [1.54, 1.807) is 0 Å². The van der Waals surface area contributed by atoms with Gasteiger partial charge in [-0.15, -0.1) is 11.3 Å². The van der Waals surface area contributed by atoms with E-state index in [9.17, 15) is 4.79 Å². The minimum absolute atomic E-state index is 0.0503. The molecule has 0 saturated heterocycles. The molecule has 0 aromatic carbocycles. The van der Waals surface area contributed by atoms with Gasteiger partial charge >= 0.3 is 6.03 Å². The fourth-order valence-corrected chi connectivity index (χ4v) is 2.71. The molecule has 1 heterocycles. The van der Waals surface area contributed by atoms with Crippen molar-refractivity contribution in [1.82, 2.24) is 10.3 Å². The lowest BCUT2D eigenvalue weighted by molar-refractivity contribution is 0.241. The van der Waals surface area contributed by atoms with Crippen molar-refractivity contribution in [3.05, 3.63) is 10.6 Å². The van der Waals surface area contributed by atoms with E-state index >= 15 is 0 Å². The maximum atomic E-state index is 11.7. The molecule has 0 saturated carbocycles. The van der Waals surface area contributed by atoms with Gasteiger partial charge < -0.3 is 10.4 Å². The maximum Gasteiger partial charge on any atom is 0.321 e. The number of nitrogens with zero attached hydrogens (tertiary/aromatic N) is 1. The Morgan fingerprint density at radius 2 is 2.21 bits per heavy atom. The van der Waals surface area contributed by atoms with Crippen LogP contribution in [0.25, 0.3) is 0 Å². The molecule has 108 valence electrons. The summed E-state index contributed by atoms with van der Waals surface area (Å²) in [6.45, 7) is 6.14. The van der Waals surface area contributed by atoms with Gasteiger partial charge in [0.25, 0.3) is 0 Å². The van der Waals surface area contributed by atoms with E-state index in [1.165, 1.54) is 16.2 Å². The number of urea groups is 1. The monoisotopic (exact) mass is 285 g/mol. The topological polar surface area (TPSA) is 74.2 Å². The molecule has 2 amide bonds. The number of hydrogen-bond acceptors (Lipinski definition) is 4. The Balaban J connectivity index is 2.58. The third-order valence-corrected chi connectivity index (χ3v) is 3.90. The largest absolute Gasteiger partial charge is 0.396 e. The summed E-state index contributed by atoms with van der Waals surface area (Å²) in [6, 6.07) is -0.314. The molecule has 3 N–H and O–H groups in total. The molecule has 0 bridgehead atoms. The van der Waals surface area contributed by atoms with E-state index in [0.29, 0.717) is 11.6 Å². The number of nitrogens with one attached hydrogen (secondary N) is 2. The highest BCUT2D eigenvalue weighted by molar-refractivity contribution is 7.15. The van der Waals surface area contributed by atoms with Crippen LogP contribution < -0.4 is 10.6 Å². The van der Waals surface area contributed by atoms with Crippen LogP contribution in [0, 0.1) is 0 Å². The average Bonchev–Trinajstić information content (AvgIpc) is 2.71. The van der Waals surface area contributed by atoms with Gasteiger partial charge in [-0.3, -0.25) is 5.32 Å². The predicted molar refractivity (Wildman–Crippen MR) is 78.8 cm³/mol. The number of anilines is 1. The van der Waals surface area contributed by atoms with Crippen molar-refractivity contribution in [3.8, 4) is 0 Å². The molecule has 1 aromatic heterocycles. The standard InChI is InChI=1S/C13H23N3O2S/c1-4-6-10-11(5-2)19-13(15-10)16-12(18)14-9(3)7-8-17/h9,17H,4-8H2,1-3H3,(H2,14,15,16,18)/t9-/m1/s1. The van der Waals surface area contributed by atoms with Crippen molar-refractivity contribution in [3.63, 3.8) is 0 Å². The van der Waals surface area contributed by atoms with Gasteiger partial charge in [0.05, 0.1) is 5.69 Å². The molecule has 1 aromatic rings. The lowest BCUT2D eigenvalue weighted by atomic mass is 10.2. The molecule has 0 fully saturated rings. The Bertz CT molecular complexity index is 407. The third-order valence-electron chi connectivity index (χ3n) is 2.75. The van der Waals surface area contributed by atoms with Crippen LogP contribution in [0.5, 0.6) is 0 Å². The second kappa shape index (κ2) is 8.12. The summed E-state index contributed by atoms with van der Waals surface area (Å²) >= 11 is 1.54. The van der Waals surface area contributed by atoms with Gasteiger partial charge in [0.1, 0.15) is 0 Å². The number of aliphatic hydroxyl groups is 1. The zero-order valence-corrected chi connectivity index (χ0v) is 12.6. The van der Waals surface area contributed by atoms with Crippen molar-refractivity contribution in [1.29, 1.82) is 0 Å². The van der Waals surface area contributed by atoms with E-state index in [-0.39, 0.29) is 18.7 Å². The highest BCUT2D eigenvalue weighted by atomic mass is 32.1. The molecule has 6 heteroatoms. The summed E-state index contributed by atoms with van der Waals surface area (Å²) in [5.41, 5.74) is 1.09. The first-order valence-corrected chi connectivity index (χ1v) is 7.59. The van der Waals surface area contributed by atoms with Gasteiger partial charge in [-0.1, -0.05) is 20.3 Å². The van der Waals surface area contributed by atoms with Gasteiger partial charge in [0.15, 0.2) is 5.13 Å². The molecule has 5 nitrogen and oxygen atoms in total. The fourth-order valence-electron chi connectivity index (χ4n) is 1.77. The van der Waals surface area contributed by atoms with Crippen LogP contribution in [-0.4, -0.2) is 28.8 Å². The van der Waals surface area contributed by atoms with Gasteiger partial charge in [0, 0.05) is 17.5 Å². The predicted octanol–water partition coefficient (Wildman–Crippen LogP) is 2.55. The number of aliphatic hydroxyl groups excluding tert-OH is 1. The van der Waals surface area contributed by atoms with Crippen molar-refractivity contribution in [2.75, 3.05) is 11.9 Å². The zero-order chi connectivity index (χ0) is 14.3. The van der Waals surface area contributed by atoms with Crippen molar-refractivity contribution in [2.24, 2.45) is 0 Å². The van der Waals surface area contributed by atoms with Gasteiger partial charge in [-0.2, -0.15) is 0 Å². The number of hydrogen-bond donors (Lipinski definition) is 3. The minimum Gasteiger partial charge on any atom is -0.396 e. The summed E-state index contributed by atoms with van der Waals surface area (Å²) in [4.78, 5) is 17.4. The fraction of sp³-hybridized carbons (Fsp3) is 0.692. The van der Waals surface area contributed by atoms with Crippen LogP contribution in [0.3, 0.4) is 0 Å². The lowest BCUT2D eigenvalue weighted by Crippen LogP contribution is -2.36. The Morgan fingerprint density at radius 1 is 1.47 bits per heavy atom. The Labute approximate surface area is 118 Å². The summed E-state index contributed by atoms with van der Waals surface area (Å²) in [6.07, 6.45) is 3.49. The average molecular weight is 285 g/mol. The lowest BCUT2D eigenvalue weighted by Gasteiger charge is -2.11. The Morgan fingerprint density at radius 3 is 2.79 bits per heavy atom. The first kappa shape index (κ1) is 15.9.